The summed E-state index contributed by atoms with van der Waals surface area (Å²) < 4.78 is 0. The van der Waals surface area contributed by atoms with E-state index >= 15 is 0 Å². The van der Waals surface area contributed by atoms with Gasteiger partial charge in [-0.05, 0) is 0 Å². The van der Waals surface area contributed by atoms with Gasteiger partial charge in [0, 0.05) is 0 Å². The monoisotopic (exact) mass is 211 g/mol. The molecular weight excluding hydrogens is 201 g/mol. The van der Waals surface area contributed by atoms with Gasteiger partial charge >= 0.3 is 74.1 Å². The molecule has 11 heavy (non-hydrogen) atoms. The Bertz CT molecular complexity index is 316. The first-order valence-electron chi connectivity index (χ1n) is 3.45. The molecule has 1 N–H and O–H groups in total. The Morgan fingerprint density at radius 1 is 1.55 bits per heavy atom. The minimum absolute atomic E-state index is 0.0446. The van der Waals surface area contributed by atoms with E-state index in [0.717, 1.165) is 22.0 Å². The van der Waals surface area contributed by atoms with Crippen LogP contribution in [-0.2, 0) is 5.21 Å². The first-order valence-corrected chi connectivity index (χ1v) is 4.78. The third-order valence-corrected chi connectivity index (χ3v) is 2.32. The Morgan fingerprint density at radius 3 is 2.64 bits per heavy atom. The first-order chi connectivity index (χ1) is 5.15. The van der Waals surface area contributed by atoms with Crippen LogP contribution in [0.1, 0.15) is 16.8 Å². The Labute approximate surface area is 74.5 Å². The van der Waals surface area contributed by atoms with Crippen LogP contribution in [0.2, 0.25) is 0 Å². The number of aromatic nitrogens is 1. The maximum atomic E-state index is 11.2. The van der Waals surface area contributed by atoms with Gasteiger partial charge in [-0.2, -0.15) is 0 Å². The summed E-state index contributed by atoms with van der Waals surface area (Å²) in [4.78, 5) is 14.0. The van der Waals surface area contributed by atoms with E-state index in [1.165, 1.54) is 0 Å². The molecule has 1 aromatic heterocycles. The molecule has 0 amide bonds. The van der Waals surface area contributed by atoms with Crippen molar-refractivity contribution in [3.8, 4) is 0 Å². The topological polar surface area (TPSA) is 32.9 Å². The molecule has 0 unspecified atom stereocenters. The van der Waals surface area contributed by atoms with E-state index in [4.69, 9.17) is 0 Å². The van der Waals surface area contributed by atoms with E-state index in [1.54, 1.807) is 0 Å². The van der Waals surface area contributed by atoms with Crippen LogP contribution in [0.4, 0.5) is 0 Å². The summed E-state index contributed by atoms with van der Waals surface area (Å²) in [6.45, 7) is 3.85. The van der Waals surface area contributed by atoms with E-state index in [9.17, 15) is 4.79 Å². The summed E-state index contributed by atoms with van der Waals surface area (Å²) in [6.07, 6.45) is 0. The molecule has 0 spiro atoms. The second-order valence-corrected chi connectivity index (χ2v) is 3.26. The number of rotatable bonds is 1. The fourth-order valence-corrected chi connectivity index (χ4v) is 1.90. The average molecular weight is 211 g/mol. The van der Waals surface area contributed by atoms with Crippen LogP contribution in [0, 0.1) is 13.8 Å². The van der Waals surface area contributed by atoms with Gasteiger partial charge in [-0.3, -0.25) is 0 Å². The summed E-state index contributed by atoms with van der Waals surface area (Å²) in [6, 6.07) is 1.99. The third-order valence-electron chi connectivity index (χ3n) is 1.65. The van der Waals surface area contributed by atoms with Crippen LogP contribution in [0.5, 0.6) is 0 Å². The van der Waals surface area contributed by atoms with Crippen molar-refractivity contribution in [1.82, 2.24) is 4.98 Å². The molecule has 0 fully saturated rings. The molecule has 0 aliphatic heterocycles. The molecule has 0 saturated carbocycles. The zero-order valence-electron chi connectivity index (χ0n) is 6.64. The quantitative estimate of drug-likeness (QED) is 0.680. The number of aryl methyl sites for hydroxylation is 2. The van der Waals surface area contributed by atoms with Crippen molar-refractivity contribution in [3.05, 3.63) is 33.2 Å². The number of hydrogen-bond acceptors (Lipinski definition) is 1. The van der Waals surface area contributed by atoms with Crippen LogP contribution in [0.15, 0.2) is 10.9 Å². The van der Waals surface area contributed by atoms with E-state index in [2.05, 4.69) is 21.8 Å². The van der Waals surface area contributed by atoms with Gasteiger partial charge in [0.2, 0.25) is 0 Å². The molecule has 0 saturated heterocycles. The molecule has 1 rings (SSSR count). The van der Waals surface area contributed by atoms with Crippen LogP contribution in [-0.4, -0.2) is 21.8 Å². The van der Waals surface area contributed by atoms with Crippen LogP contribution in [0.25, 0.3) is 0 Å². The van der Waals surface area contributed by atoms with E-state index in [1.807, 2.05) is 19.9 Å². The van der Waals surface area contributed by atoms with Crippen LogP contribution < -0.4 is 5.56 Å². The fraction of sp³-hybridized carbons (Fsp3) is 0.375. The number of nitrogens with one attached hydrogen (secondary N) is 1. The normalized spacial score (nSPS) is 10.1. The van der Waals surface area contributed by atoms with Gasteiger partial charge < -0.3 is 0 Å². The minimum atomic E-state index is 0.0446. The van der Waals surface area contributed by atoms with Gasteiger partial charge in [-0.25, -0.2) is 0 Å². The zero-order chi connectivity index (χ0) is 8.43. The standard InChI is InChI=1S/C8H10AsNO/c1-5-3-6(2)10-8(11)7(5)4-9/h3H,4H2,1-2H3,(H,10,11). The summed E-state index contributed by atoms with van der Waals surface area (Å²) >= 11 is 2.42. The van der Waals surface area contributed by atoms with Crippen molar-refractivity contribution in [2.24, 2.45) is 0 Å². The molecule has 0 atom stereocenters. The number of pyridine rings is 1. The Balaban J connectivity index is 3.37. The summed E-state index contributed by atoms with van der Waals surface area (Å²) in [5.41, 5.74) is 2.92. The SMILES string of the molecule is Cc1cc(C)c(C[As])c(=O)[nH]1. The molecule has 2 nitrogen and oxygen atoms in total. The number of hydrogen-bond donors (Lipinski definition) is 1. The summed E-state index contributed by atoms with van der Waals surface area (Å²) in [5.74, 6) is 0. The molecule has 1 heterocycles. The number of aromatic amines is 1. The maximum absolute atomic E-state index is 11.2. The van der Waals surface area contributed by atoms with Gasteiger partial charge in [0.15, 0.2) is 0 Å². The average Bonchev–Trinajstić information content (AvgIpc) is 1.85. The molecule has 0 aliphatic carbocycles. The fourth-order valence-electron chi connectivity index (χ4n) is 1.08. The number of H-pyrrole nitrogens is 1. The van der Waals surface area contributed by atoms with Crippen molar-refractivity contribution < 1.29 is 0 Å². The third kappa shape index (κ3) is 1.75. The van der Waals surface area contributed by atoms with E-state index in [0.29, 0.717) is 0 Å². The predicted octanol–water partition coefficient (Wildman–Crippen LogP) is 0.660. The van der Waals surface area contributed by atoms with E-state index < -0.39 is 0 Å². The Hall–Kier alpha value is -0.492. The summed E-state index contributed by atoms with van der Waals surface area (Å²) in [5, 5.41) is 0.744. The second kappa shape index (κ2) is 3.27. The van der Waals surface area contributed by atoms with Crippen molar-refractivity contribution in [1.29, 1.82) is 0 Å². The molecule has 58 valence electrons. The molecule has 1 aromatic rings. The van der Waals surface area contributed by atoms with Crippen molar-refractivity contribution in [3.63, 3.8) is 0 Å². The zero-order valence-corrected chi connectivity index (χ0v) is 8.52. The Kier molecular flexibility index (Phi) is 2.56. The second-order valence-electron chi connectivity index (χ2n) is 2.60. The molecule has 2 radical (unpaired) electrons. The predicted molar refractivity (Wildman–Crippen MR) is 46.0 cm³/mol. The molecule has 3 heteroatoms. The van der Waals surface area contributed by atoms with E-state index in [-0.39, 0.29) is 5.56 Å². The summed E-state index contributed by atoms with van der Waals surface area (Å²) in [7, 11) is 0. The molecule has 0 aromatic carbocycles. The van der Waals surface area contributed by atoms with Gasteiger partial charge in [0.25, 0.3) is 0 Å². The first kappa shape index (κ1) is 8.60. The van der Waals surface area contributed by atoms with Crippen molar-refractivity contribution in [2.75, 3.05) is 0 Å². The van der Waals surface area contributed by atoms with Gasteiger partial charge in [0.05, 0.1) is 0 Å². The Morgan fingerprint density at radius 2 is 2.18 bits per heavy atom. The van der Waals surface area contributed by atoms with Crippen molar-refractivity contribution >= 4 is 16.9 Å². The van der Waals surface area contributed by atoms with Crippen LogP contribution >= 0.6 is 0 Å². The molecule has 0 bridgehead atoms. The molecule has 0 aliphatic rings. The van der Waals surface area contributed by atoms with Gasteiger partial charge in [0.1, 0.15) is 0 Å². The van der Waals surface area contributed by atoms with Crippen LogP contribution in [0.3, 0.4) is 0 Å². The van der Waals surface area contributed by atoms with Gasteiger partial charge in [-0.15, -0.1) is 0 Å². The van der Waals surface area contributed by atoms with Gasteiger partial charge in [-0.1, -0.05) is 0 Å². The van der Waals surface area contributed by atoms with Crippen molar-refractivity contribution in [2.45, 2.75) is 19.1 Å². The molecular formula is C8H10AsNO.